The summed E-state index contributed by atoms with van der Waals surface area (Å²) in [5.74, 6) is 0.337. The van der Waals surface area contributed by atoms with Crippen LogP contribution in [-0.4, -0.2) is 40.8 Å². The van der Waals surface area contributed by atoms with Gasteiger partial charge in [0, 0.05) is 38.1 Å². The molecular weight excluding hydrogens is 248 g/mol. The average Bonchev–Trinajstić information content (AvgIpc) is 2.88. The largest absolute Gasteiger partial charge is 0.308 e. The number of nitrogens with zero attached hydrogens (tertiary/aromatic N) is 4. The fraction of sp³-hybridized carbons (Fsp3) is 0.250. The quantitative estimate of drug-likeness (QED) is 0.811. The van der Waals surface area contributed by atoms with Crippen molar-refractivity contribution in [2.24, 2.45) is 0 Å². The molecule has 0 aromatic carbocycles. The van der Waals surface area contributed by atoms with E-state index in [0.717, 1.165) is 8.28 Å². The van der Waals surface area contributed by atoms with E-state index in [1.807, 2.05) is 0 Å². The van der Waals surface area contributed by atoms with Gasteiger partial charge in [-0.15, -0.1) is 11.3 Å². The lowest BCUT2D eigenvalue weighted by molar-refractivity contribution is 0.511. The second kappa shape index (κ2) is 3.96. The lowest BCUT2D eigenvalue weighted by atomic mass is 10.6. The van der Waals surface area contributed by atoms with Crippen LogP contribution >= 0.6 is 11.3 Å². The van der Waals surface area contributed by atoms with Crippen LogP contribution < -0.4 is 0 Å². The molecule has 0 aliphatic rings. The summed E-state index contributed by atoms with van der Waals surface area (Å²) in [5.41, 5.74) is 0. The normalized spacial score (nSPS) is 12.2. The molecule has 16 heavy (non-hydrogen) atoms. The summed E-state index contributed by atoms with van der Waals surface area (Å²) in [5, 5.41) is 2.35. The van der Waals surface area contributed by atoms with E-state index in [4.69, 9.17) is 0 Å². The molecule has 0 fully saturated rings. The monoisotopic (exact) mass is 258 g/mol. The van der Waals surface area contributed by atoms with Crippen LogP contribution in [0.1, 0.15) is 0 Å². The zero-order valence-electron chi connectivity index (χ0n) is 8.73. The maximum atomic E-state index is 11.9. The number of hydrogen-bond donors (Lipinski definition) is 0. The highest BCUT2D eigenvalue weighted by molar-refractivity contribution is 7.87. The van der Waals surface area contributed by atoms with Crippen LogP contribution in [0.4, 0.5) is 0 Å². The number of rotatable bonds is 3. The standard InChI is InChI=1S/C8H10N4O2S2/c1-11(2)16(13,14)12-5-3-9-7(12)8-10-4-6-15-8/h3-6H,1-2H3. The smallest absolute Gasteiger partial charge is 0.241 e. The number of imidazole rings is 1. The maximum absolute atomic E-state index is 11.9. The molecule has 86 valence electrons. The predicted octanol–water partition coefficient (Wildman–Crippen LogP) is 0.661. The summed E-state index contributed by atoms with van der Waals surface area (Å²) >= 11 is 1.35. The average molecular weight is 258 g/mol. The summed E-state index contributed by atoms with van der Waals surface area (Å²) in [6.45, 7) is 0. The van der Waals surface area contributed by atoms with E-state index >= 15 is 0 Å². The lowest BCUT2D eigenvalue weighted by Crippen LogP contribution is -2.28. The molecule has 0 saturated heterocycles. The maximum Gasteiger partial charge on any atom is 0.308 e. The molecule has 0 radical (unpaired) electrons. The van der Waals surface area contributed by atoms with E-state index < -0.39 is 10.2 Å². The van der Waals surface area contributed by atoms with Gasteiger partial charge in [0.1, 0.15) is 0 Å². The Bertz CT molecular complexity index is 571. The van der Waals surface area contributed by atoms with Gasteiger partial charge in [0.05, 0.1) is 0 Å². The molecule has 6 nitrogen and oxygen atoms in total. The minimum atomic E-state index is -3.54. The Morgan fingerprint density at radius 2 is 2.06 bits per heavy atom. The van der Waals surface area contributed by atoms with E-state index in [9.17, 15) is 8.42 Å². The molecule has 2 heterocycles. The van der Waals surface area contributed by atoms with Crippen molar-refractivity contribution in [1.29, 1.82) is 0 Å². The SMILES string of the molecule is CN(C)S(=O)(=O)n1ccnc1-c1nccs1. The van der Waals surface area contributed by atoms with Crippen molar-refractivity contribution in [3.63, 3.8) is 0 Å². The third-order valence-corrected chi connectivity index (χ3v) is 4.42. The Balaban J connectivity index is 2.57. The molecule has 0 atom stereocenters. The third kappa shape index (κ3) is 1.75. The van der Waals surface area contributed by atoms with E-state index in [2.05, 4.69) is 9.97 Å². The minimum Gasteiger partial charge on any atom is -0.241 e. The van der Waals surface area contributed by atoms with Crippen molar-refractivity contribution in [2.75, 3.05) is 14.1 Å². The Hall–Kier alpha value is -1.25. The number of thiazole rings is 1. The molecule has 0 spiro atoms. The van der Waals surface area contributed by atoms with Crippen LogP contribution in [0.3, 0.4) is 0 Å². The summed E-state index contributed by atoms with van der Waals surface area (Å²) in [7, 11) is -0.590. The highest BCUT2D eigenvalue weighted by Crippen LogP contribution is 2.21. The molecule has 0 saturated carbocycles. The first-order chi connectivity index (χ1) is 7.53. The summed E-state index contributed by atoms with van der Waals surface area (Å²) in [6.07, 6.45) is 4.46. The van der Waals surface area contributed by atoms with Crippen molar-refractivity contribution in [2.45, 2.75) is 0 Å². The Morgan fingerprint density at radius 3 is 2.62 bits per heavy atom. The molecule has 8 heteroatoms. The molecule has 0 N–H and O–H groups in total. The lowest BCUT2D eigenvalue weighted by Gasteiger charge is -2.13. The molecule has 0 aliphatic heterocycles. The molecule has 0 amide bonds. The first-order valence-electron chi connectivity index (χ1n) is 4.39. The van der Waals surface area contributed by atoms with Crippen LogP contribution in [-0.2, 0) is 10.2 Å². The van der Waals surface area contributed by atoms with E-state index in [-0.39, 0.29) is 0 Å². The molecule has 2 aromatic heterocycles. The molecular formula is C8H10N4O2S2. The van der Waals surface area contributed by atoms with E-state index in [1.165, 1.54) is 37.8 Å². The third-order valence-electron chi connectivity index (χ3n) is 1.94. The first kappa shape index (κ1) is 11.2. The fourth-order valence-corrected chi connectivity index (χ4v) is 2.74. The molecule has 2 rings (SSSR count). The van der Waals surface area contributed by atoms with Crippen LogP contribution in [0.15, 0.2) is 24.0 Å². The molecule has 2 aromatic rings. The van der Waals surface area contributed by atoms with Gasteiger partial charge in [0.25, 0.3) is 0 Å². The first-order valence-corrected chi connectivity index (χ1v) is 6.67. The second-order valence-electron chi connectivity index (χ2n) is 3.17. The summed E-state index contributed by atoms with van der Waals surface area (Å²) in [4.78, 5) is 8.06. The zero-order valence-corrected chi connectivity index (χ0v) is 10.4. The van der Waals surface area contributed by atoms with Crippen LogP contribution in [0.2, 0.25) is 0 Å². The second-order valence-corrected chi connectivity index (χ2v) is 6.09. The Labute approximate surface area is 97.4 Å². The fourth-order valence-electron chi connectivity index (χ4n) is 1.14. The summed E-state index contributed by atoms with van der Waals surface area (Å²) < 4.78 is 26.1. The predicted molar refractivity (Wildman–Crippen MR) is 61.3 cm³/mol. The number of aromatic nitrogens is 3. The Kier molecular flexibility index (Phi) is 2.78. The van der Waals surface area contributed by atoms with Crippen molar-refractivity contribution in [3.8, 4) is 10.8 Å². The van der Waals surface area contributed by atoms with Crippen molar-refractivity contribution < 1.29 is 8.42 Å². The topological polar surface area (TPSA) is 68.1 Å². The van der Waals surface area contributed by atoms with Gasteiger partial charge in [0.2, 0.25) is 0 Å². The van der Waals surface area contributed by atoms with Gasteiger partial charge >= 0.3 is 10.2 Å². The number of hydrogen-bond acceptors (Lipinski definition) is 5. The van der Waals surface area contributed by atoms with Gasteiger partial charge in [-0.1, -0.05) is 0 Å². The van der Waals surface area contributed by atoms with Crippen molar-refractivity contribution in [3.05, 3.63) is 24.0 Å². The van der Waals surface area contributed by atoms with Crippen molar-refractivity contribution >= 4 is 21.5 Å². The van der Waals surface area contributed by atoms with Gasteiger partial charge in [-0.3, -0.25) is 0 Å². The van der Waals surface area contributed by atoms with Crippen LogP contribution in [0, 0.1) is 0 Å². The van der Waals surface area contributed by atoms with Crippen LogP contribution in [0.5, 0.6) is 0 Å². The summed E-state index contributed by atoms with van der Waals surface area (Å²) in [6, 6.07) is 0. The van der Waals surface area contributed by atoms with Gasteiger partial charge in [-0.05, 0) is 0 Å². The molecule has 0 unspecified atom stereocenters. The highest BCUT2D eigenvalue weighted by atomic mass is 32.2. The van der Waals surface area contributed by atoms with Gasteiger partial charge in [0.15, 0.2) is 10.8 Å². The van der Waals surface area contributed by atoms with Gasteiger partial charge in [-0.2, -0.15) is 12.7 Å². The highest BCUT2D eigenvalue weighted by Gasteiger charge is 2.21. The van der Waals surface area contributed by atoms with Gasteiger partial charge < -0.3 is 0 Å². The van der Waals surface area contributed by atoms with Crippen LogP contribution in [0.25, 0.3) is 10.8 Å². The minimum absolute atomic E-state index is 0.337. The van der Waals surface area contributed by atoms with Crippen molar-refractivity contribution in [1.82, 2.24) is 18.2 Å². The Morgan fingerprint density at radius 1 is 1.31 bits per heavy atom. The van der Waals surface area contributed by atoms with E-state index in [0.29, 0.717) is 10.8 Å². The van der Waals surface area contributed by atoms with E-state index in [1.54, 1.807) is 11.6 Å². The molecule has 0 aliphatic carbocycles. The molecule has 0 bridgehead atoms. The zero-order chi connectivity index (χ0) is 11.8. The van der Waals surface area contributed by atoms with Gasteiger partial charge in [-0.25, -0.2) is 13.9 Å².